The molecule has 1 N–H and O–H groups in total. The molecule has 4 rings (SSSR count). The third-order valence-electron chi connectivity index (χ3n) is 5.95. The van der Waals surface area contributed by atoms with Crippen LogP contribution in [0.4, 0.5) is 0 Å². The maximum Gasteiger partial charge on any atom is 0.311 e. The zero-order valence-corrected chi connectivity index (χ0v) is 18.0. The summed E-state index contributed by atoms with van der Waals surface area (Å²) < 4.78 is 3.82. The average molecular weight is 421 g/mol. The van der Waals surface area contributed by atoms with Crippen molar-refractivity contribution in [2.75, 3.05) is 13.1 Å². The second-order valence-corrected chi connectivity index (χ2v) is 8.10. The zero-order chi connectivity index (χ0) is 21.8. The highest BCUT2D eigenvalue weighted by Gasteiger charge is 2.27. The minimum absolute atomic E-state index is 0.277. The number of amides is 2. The number of nitrogens with one attached hydrogen (secondary N) is 1. The summed E-state index contributed by atoms with van der Waals surface area (Å²) >= 11 is 0. The van der Waals surface area contributed by atoms with Gasteiger partial charge in [-0.05, 0) is 37.8 Å². The number of nitrogens with zero attached hydrogens (tertiary/aromatic N) is 5. The van der Waals surface area contributed by atoms with Gasteiger partial charge in [0.2, 0.25) is 0 Å². The van der Waals surface area contributed by atoms with E-state index in [4.69, 9.17) is 0 Å². The second kappa shape index (κ2) is 9.16. The molecule has 1 aliphatic heterocycles. The first-order chi connectivity index (χ1) is 15.0. The van der Waals surface area contributed by atoms with Gasteiger partial charge >= 0.3 is 11.8 Å². The van der Waals surface area contributed by atoms with Crippen LogP contribution < -0.4 is 5.32 Å². The second-order valence-electron chi connectivity index (χ2n) is 8.10. The Kier molecular flexibility index (Phi) is 6.16. The number of aryl methyl sites for hydroxylation is 2. The van der Waals surface area contributed by atoms with E-state index in [-0.39, 0.29) is 6.54 Å². The van der Waals surface area contributed by atoms with Gasteiger partial charge in [-0.15, -0.1) is 0 Å². The number of likely N-dealkylation sites (tertiary alicyclic amines) is 1. The smallest absolute Gasteiger partial charge is 0.311 e. The zero-order valence-electron chi connectivity index (χ0n) is 18.0. The lowest BCUT2D eigenvalue weighted by Gasteiger charge is -2.31. The van der Waals surface area contributed by atoms with Crippen molar-refractivity contribution in [2.45, 2.75) is 32.7 Å². The molecule has 3 aromatic rings. The minimum atomic E-state index is -0.561. The van der Waals surface area contributed by atoms with Crippen molar-refractivity contribution in [3.63, 3.8) is 0 Å². The molecule has 1 aliphatic rings. The number of rotatable bonds is 5. The van der Waals surface area contributed by atoms with Gasteiger partial charge in [-0.2, -0.15) is 5.10 Å². The molecule has 0 radical (unpaired) electrons. The first-order valence-corrected chi connectivity index (χ1v) is 10.6. The van der Waals surface area contributed by atoms with Crippen molar-refractivity contribution in [3.8, 4) is 5.69 Å². The Morgan fingerprint density at radius 1 is 1.16 bits per heavy atom. The standard InChI is InChI=1S/C23H28N6O2/c1-17-19(16-29(26-17)20-6-4-3-5-7-20)15-25-22(30)23(31)28-11-8-18(9-12-28)14-21-24-10-13-27(21)2/h3-7,10,13,16,18H,8-9,11-12,14-15H2,1-2H3,(H,25,30). The van der Waals surface area contributed by atoms with Crippen LogP contribution in [0.3, 0.4) is 0 Å². The van der Waals surface area contributed by atoms with Crippen LogP contribution in [0.2, 0.25) is 0 Å². The monoisotopic (exact) mass is 420 g/mol. The van der Waals surface area contributed by atoms with Gasteiger partial charge in [-0.3, -0.25) is 9.59 Å². The first-order valence-electron chi connectivity index (χ1n) is 10.6. The largest absolute Gasteiger partial charge is 0.344 e. The average Bonchev–Trinajstić information content (AvgIpc) is 3.37. The van der Waals surface area contributed by atoms with Crippen molar-refractivity contribution in [1.82, 2.24) is 29.5 Å². The number of hydrogen-bond acceptors (Lipinski definition) is 4. The summed E-state index contributed by atoms with van der Waals surface area (Å²) in [4.78, 5) is 31.1. The van der Waals surface area contributed by atoms with Gasteiger partial charge in [-0.1, -0.05) is 18.2 Å². The maximum atomic E-state index is 12.6. The third kappa shape index (κ3) is 4.84. The van der Waals surface area contributed by atoms with E-state index in [9.17, 15) is 9.59 Å². The number of para-hydroxylation sites is 1. The Labute approximate surface area is 181 Å². The van der Waals surface area contributed by atoms with E-state index in [0.717, 1.165) is 42.0 Å². The summed E-state index contributed by atoms with van der Waals surface area (Å²) in [6.45, 7) is 3.38. The topological polar surface area (TPSA) is 85.1 Å². The van der Waals surface area contributed by atoms with E-state index >= 15 is 0 Å². The van der Waals surface area contributed by atoms with E-state index in [1.807, 2.05) is 67.5 Å². The van der Waals surface area contributed by atoms with Gasteiger partial charge in [-0.25, -0.2) is 9.67 Å². The number of aromatic nitrogens is 4. The molecule has 0 aliphatic carbocycles. The van der Waals surface area contributed by atoms with Crippen molar-refractivity contribution >= 4 is 11.8 Å². The lowest BCUT2D eigenvalue weighted by molar-refractivity contribution is -0.146. The highest BCUT2D eigenvalue weighted by Crippen LogP contribution is 2.21. The summed E-state index contributed by atoms with van der Waals surface area (Å²) in [5.74, 6) is 0.534. The van der Waals surface area contributed by atoms with Crippen LogP contribution in [0.25, 0.3) is 5.69 Å². The van der Waals surface area contributed by atoms with Crippen LogP contribution in [0.15, 0.2) is 48.9 Å². The molecule has 8 heteroatoms. The van der Waals surface area contributed by atoms with E-state index < -0.39 is 11.8 Å². The quantitative estimate of drug-likeness (QED) is 0.640. The molecule has 3 heterocycles. The number of carbonyl (C=O) groups excluding carboxylic acids is 2. The fourth-order valence-corrected chi connectivity index (χ4v) is 3.97. The number of imidazole rings is 1. The lowest BCUT2D eigenvalue weighted by atomic mass is 9.93. The molecule has 0 bridgehead atoms. The number of benzene rings is 1. The van der Waals surface area contributed by atoms with Gasteiger partial charge in [0, 0.05) is 57.3 Å². The number of piperidine rings is 1. The van der Waals surface area contributed by atoms with Crippen LogP contribution in [-0.4, -0.2) is 49.1 Å². The maximum absolute atomic E-state index is 12.6. The van der Waals surface area contributed by atoms with E-state index in [1.165, 1.54) is 0 Å². The molecule has 31 heavy (non-hydrogen) atoms. The van der Waals surface area contributed by atoms with Crippen LogP contribution >= 0.6 is 0 Å². The van der Waals surface area contributed by atoms with Gasteiger partial charge in [0.25, 0.3) is 0 Å². The molecule has 1 fully saturated rings. The molecule has 2 amide bonds. The molecular weight excluding hydrogens is 392 g/mol. The first kappa shape index (κ1) is 20.8. The lowest BCUT2D eigenvalue weighted by Crippen LogP contribution is -2.46. The summed E-state index contributed by atoms with van der Waals surface area (Å²) in [7, 11) is 2.00. The Balaban J connectivity index is 1.27. The summed E-state index contributed by atoms with van der Waals surface area (Å²) in [6.07, 6.45) is 8.32. The van der Waals surface area contributed by atoms with Gasteiger partial charge in [0.15, 0.2) is 0 Å². The number of carbonyl (C=O) groups is 2. The Hall–Kier alpha value is -3.42. The molecule has 0 saturated carbocycles. The molecule has 162 valence electrons. The SMILES string of the molecule is Cc1nn(-c2ccccc2)cc1CNC(=O)C(=O)N1CCC(Cc2nccn2C)CC1. The van der Waals surface area contributed by atoms with Crippen molar-refractivity contribution < 1.29 is 9.59 Å². The van der Waals surface area contributed by atoms with Gasteiger partial charge in [0.05, 0.1) is 11.4 Å². The Morgan fingerprint density at radius 2 is 1.90 bits per heavy atom. The van der Waals surface area contributed by atoms with Crippen LogP contribution in [0.1, 0.15) is 29.9 Å². The Bertz CT molecular complexity index is 1050. The van der Waals surface area contributed by atoms with Gasteiger partial charge in [0.1, 0.15) is 5.82 Å². The molecule has 0 atom stereocenters. The Morgan fingerprint density at radius 3 is 2.58 bits per heavy atom. The van der Waals surface area contributed by atoms with Crippen LogP contribution in [0, 0.1) is 12.8 Å². The van der Waals surface area contributed by atoms with Crippen LogP contribution in [0.5, 0.6) is 0 Å². The van der Waals surface area contributed by atoms with Crippen molar-refractivity contribution in [2.24, 2.45) is 13.0 Å². The molecule has 1 aromatic carbocycles. The predicted molar refractivity (Wildman–Crippen MR) is 116 cm³/mol. The fraction of sp³-hybridized carbons (Fsp3) is 0.391. The molecular formula is C23H28N6O2. The summed E-state index contributed by atoms with van der Waals surface area (Å²) in [5.41, 5.74) is 2.66. The fourth-order valence-electron chi connectivity index (χ4n) is 3.97. The molecule has 2 aromatic heterocycles. The predicted octanol–water partition coefficient (Wildman–Crippen LogP) is 2.01. The van der Waals surface area contributed by atoms with E-state index in [1.54, 1.807) is 9.58 Å². The molecule has 8 nitrogen and oxygen atoms in total. The number of hydrogen-bond donors (Lipinski definition) is 1. The minimum Gasteiger partial charge on any atom is -0.344 e. The molecule has 0 spiro atoms. The van der Waals surface area contributed by atoms with Gasteiger partial charge < -0.3 is 14.8 Å². The summed E-state index contributed by atoms with van der Waals surface area (Å²) in [5, 5.41) is 7.26. The van der Waals surface area contributed by atoms with E-state index in [0.29, 0.717) is 19.0 Å². The van der Waals surface area contributed by atoms with Crippen molar-refractivity contribution in [1.29, 1.82) is 0 Å². The normalized spacial score (nSPS) is 14.6. The van der Waals surface area contributed by atoms with Crippen molar-refractivity contribution in [3.05, 3.63) is 66.0 Å². The summed E-state index contributed by atoms with van der Waals surface area (Å²) in [6, 6.07) is 9.79. The highest BCUT2D eigenvalue weighted by molar-refractivity contribution is 6.34. The third-order valence-corrected chi connectivity index (χ3v) is 5.95. The molecule has 0 unspecified atom stereocenters. The molecule has 1 saturated heterocycles. The van der Waals surface area contributed by atoms with E-state index in [2.05, 4.69) is 15.4 Å². The van der Waals surface area contributed by atoms with Crippen LogP contribution in [-0.2, 0) is 29.6 Å². The highest BCUT2D eigenvalue weighted by atomic mass is 16.2.